The number of rotatable bonds is 4. The van der Waals surface area contributed by atoms with Crippen LogP contribution in [-0.2, 0) is 9.53 Å². The van der Waals surface area contributed by atoms with Gasteiger partial charge in [-0.3, -0.25) is 9.79 Å². The fraction of sp³-hybridized carbons (Fsp3) is 0.692. The van der Waals surface area contributed by atoms with Gasteiger partial charge in [-0.2, -0.15) is 0 Å². The maximum Gasteiger partial charge on any atom is 0.305 e. The van der Waals surface area contributed by atoms with Gasteiger partial charge in [-0.1, -0.05) is 13.0 Å². The van der Waals surface area contributed by atoms with Gasteiger partial charge in [0, 0.05) is 24.1 Å². The molecule has 1 heterocycles. The first-order valence-corrected chi connectivity index (χ1v) is 5.83. The van der Waals surface area contributed by atoms with E-state index in [1.165, 1.54) is 5.57 Å². The Morgan fingerprint density at radius 2 is 2.25 bits per heavy atom. The molecule has 1 aliphatic rings. The highest BCUT2D eigenvalue weighted by Crippen LogP contribution is 2.30. The molecule has 1 rings (SSSR count). The van der Waals surface area contributed by atoms with E-state index in [-0.39, 0.29) is 11.4 Å². The first kappa shape index (κ1) is 12.9. The highest BCUT2D eigenvalue weighted by molar-refractivity contribution is 5.98. The van der Waals surface area contributed by atoms with Crippen molar-refractivity contribution in [3.63, 3.8) is 0 Å². The first-order chi connectivity index (χ1) is 7.47. The van der Waals surface area contributed by atoms with Crippen LogP contribution >= 0.6 is 0 Å². The molecule has 0 aromatic rings. The quantitative estimate of drug-likeness (QED) is 0.687. The molecular formula is C13H21NO2. The van der Waals surface area contributed by atoms with Crippen molar-refractivity contribution >= 4 is 11.7 Å². The molecule has 1 aliphatic heterocycles. The monoisotopic (exact) mass is 223 g/mol. The number of ether oxygens (including phenoxy) is 1. The van der Waals surface area contributed by atoms with E-state index in [2.05, 4.69) is 24.9 Å². The van der Waals surface area contributed by atoms with E-state index in [0.717, 1.165) is 18.7 Å². The van der Waals surface area contributed by atoms with Gasteiger partial charge in [0.15, 0.2) is 0 Å². The molecule has 0 amide bonds. The van der Waals surface area contributed by atoms with Gasteiger partial charge in [0.05, 0.1) is 6.61 Å². The highest BCUT2D eigenvalue weighted by atomic mass is 16.5. The molecule has 0 aromatic carbocycles. The molecule has 0 aliphatic carbocycles. The number of nitrogens with zero attached hydrogens (tertiary/aromatic N) is 1. The summed E-state index contributed by atoms with van der Waals surface area (Å²) in [7, 11) is 0. The van der Waals surface area contributed by atoms with Crippen LogP contribution in [0, 0.1) is 5.41 Å². The van der Waals surface area contributed by atoms with E-state index in [4.69, 9.17) is 4.74 Å². The van der Waals surface area contributed by atoms with Crippen molar-refractivity contribution in [2.24, 2.45) is 10.4 Å². The second-order valence-corrected chi connectivity index (χ2v) is 4.69. The standard InChI is InChI=1S/C13H21NO2/c1-5-16-12(15)6-7-13(4)8-10(2)11(3)14-9-13/h8H,5-7,9H2,1-4H3/t13-/m1/s1. The van der Waals surface area contributed by atoms with Crippen LogP contribution < -0.4 is 0 Å². The summed E-state index contributed by atoms with van der Waals surface area (Å²) in [6.45, 7) is 9.30. The fourth-order valence-electron chi connectivity index (χ4n) is 1.87. The van der Waals surface area contributed by atoms with E-state index >= 15 is 0 Å². The summed E-state index contributed by atoms with van der Waals surface area (Å²) >= 11 is 0. The Morgan fingerprint density at radius 3 is 2.81 bits per heavy atom. The average Bonchev–Trinajstić information content (AvgIpc) is 2.22. The van der Waals surface area contributed by atoms with Crippen LogP contribution in [0.4, 0.5) is 0 Å². The summed E-state index contributed by atoms with van der Waals surface area (Å²) < 4.78 is 4.93. The predicted octanol–water partition coefficient (Wildman–Crippen LogP) is 2.76. The Morgan fingerprint density at radius 1 is 1.56 bits per heavy atom. The van der Waals surface area contributed by atoms with Gasteiger partial charge in [0.2, 0.25) is 0 Å². The minimum Gasteiger partial charge on any atom is -0.466 e. The second-order valence-electron chi connectivity index (χ2n) is 4.69. The molecule has 0 N–H and O–H groups in total. The zero-order chi connectivity index (χ0) is 12.2. The fourth-order valence-corrected chi connectivity index (χ4v) is 1.87. The van der Waals surface area contributed by atoms with Gasteiger partial charge >= 0.3 is 5.97 Å². The van der Waals surface area contributed by atoms with Gasteiger partial charge in [0.1, 0.15) is 0 Å². The SMILES string of the molecule is CCOC(=O)CC[C@]1(C)C=C(C)C(C)=NC1. The maximum atomic E-state index is 11.3. The van der Waals surface area contributed by atoms with Gasteiger partial charge in [-0.25, -0.2) is 0 Å². The van der Waals surface area contributed by atoms with E-state index < -0.39 is 0 Å². The van der Waals surface area contributed by atoms with E-state index in [9.17, 15) is 4.79 Å². The Balaban J connectivity index is 2.52. The van der Waals surface area contributed by atoms with Crippen LogP contribution in [0.1, 0.15) is 40.5 Å². The third-order valence-corrected chi connectivity index (χ3v) is 3.02. The van der Waals surface area contributed by atoms with Crippen molar-refractivity contribution < 1.29 is 9.53 Å². The lowest BCUT2D eigenvalue weighted by atomic mass is 9.81. The number of aliphatic imine (C=N–C) groups is 1. The molecule has 0 bridgehead atoms. The van der Waals surface area contributed by atoms with Crippen molar-refractivity contribution in [2.75, 3.05) is 13.2 Å². The van der Waals surface area contributed by atoms with Crippen molar-refractivity contribution in [1.82, 2.24) is 0 Å². The molecular weight excluding hydrogens is 202 g/mol. The Hall–Kier alpha value is -1.12. The molecule has 0 radical (unpaired) electrons. The molecule has 0 spiro atoms. The normalized spacial score (nSPS) is 24.8. The lowest BCUT2D eigenvalue weighted by Crippen LogP contribution is -2.24. The molecule has 0 fully saturated rings. The topological polar surface area (TPSA) is 38.7 Å². The molecule has 0 aromatic heterocycles. The predicted molar refractivity (Wildman–Crippen MR) is 65.7 cm³/mol. The van der Waals surface area contributed by atoms with E-state index in [0.29, 0.717) is 13.0 Å². The number of carbonyl (C=O) groups excluding carboxylic acids is 1. The van der Waals surface area contributed by atoms with Crippen LogP contribution in [0.5, 0.6) is 0 Å². The lowest BCUT2D eigenvalue weighted by Gasteiger charge is -2.28. The number of esters is 1. The highest BCUT2D eigenvalue weighted by Gasteiger charge is 2.25. The second kappa shape index (κ2) is 5.28. The summed E-state index contributed by atoms with van der Waals surface area (Å²) in [6.07, 6.45) is 3.51. The number of hydrogen-bond acceptors (Lipinski definition) is 3. The zero-order valence-electron chi connectivity index (χ0n) is 10.7. The average molecular weight is 223 g/mol. The molecule has 3 nitrogen and oxygen atoms in total. The van der Waals surface area contributed by atoms with Gasteiger partial charge in [-0.05, 0) is 32.8 Å². The summed E-state index contributed by atoms with van der Waals surface area (Å²) in [5.74, 6) is -0.110. The van der Waals surface area contributed by atoms with E-state index in [1.54, 1.807) is 0 Å². The number of allylic oxidation sites excluding steroid dienone is 1. The number of carbonyl (C=O) groups is 1. The van der Waals surface area contributed by atoms with Crippen LogP contribution in [0.15, 0.2) is 16.6 Å². The Bertz CT molecular complexity index is 331. The van der Waals surface area contributed by atoms with Gasteiger partial charge < -0.3 is 4.74 Å². The molecule has 1 atom stereocenters. The summed E-state index contributed by atoms with van der Waals surface area (Å²) in [6, 6.07) is 0. The van der Waals surface area contributed by atoms with Crippen molar-refractivity contribution in [2.45, 2.75) is 40.5 Å². The van der Waals surface area contributed by atoms with Gasteiger partial charge in [-0.15, -0.1) is 0 Å². The van der Waals surface area contributed by atoms with Crippen LogP contribution in [0.25, 0.3) is 0 Å². The third-order valence-electron chi connectivity index (χ3n) is 3.02. The molecule has 0 saturated carbocycles. The Kier molecular flexibility index (Phi) is 4.27. The molecule has 3 heteroatoms. The summed E-state index contributed by atoms with van der Waals surface area (Å²) in [5, 5.41) is 0. The molecule has 0 unspecified atom stereocenters. The summed E-state index contributed by atoms with van der Waals surface area (Å²) in [5.41, 5.74) is 2.34. The first-order valence-electron chi connectivity index (χ1n) is 5.83. The largest absolute Gasteiger partial charge is 0.466 e. The zero-order valence-corrected chi connectivity index (χ0v) is 10.7. The van der Waals surface area contributed by atoms with Gasteiger partial charge in [0.25, 0.3) is 0 Å². The smallest absolute Gasteiger partial charge is 0.305 e. The maximum absolute atomic E-state index is 11.3. The Labute approximate surface area is 97.6 Å². The van der Waals surface area contributed by atoms with E-state index in [1.807, 2.05) is 13.8 Å². The van der Waals surface area contributed by atoms with Crippen LogP contribution in [0.2, 0.25) is 0 Å². The third kappa shape index (κ3) is 3.47. The van der Waals surface area contributed by atoms with Crippen LogP contribution in [0.3, 0.4) is 0 Å². The number of hydrogen-bond donors (Lipinski definition) is 0. The minimum atomic E-state index is -0.110. The van der Waals surface area contributed by atoms with Crippen LogP contribution in [-0.4, -0.2) is 24.8 Å². The molecule has 90 valence electrons. The van der Waals surface area contributed by atoms with Crippen molar-refractivity contribution in [3.8, 4) is 0 Å². The lowest BCUT2D eigenvalue weighted by molar-refractivity contribution is -0.143. The summed E-state index contributed by atoms with van der Waals surface area (Å²) in [4.78, 5) is 15.8. The van der Waals surface area contributed by atoms with Crippen molar-refractivity contribution in [3.05, 3.63) is 11.6 Å². The minimum absolute atomic E-state index is 0.0103. The molecule has 16 heavy (non-hydrogen) atoms. The molecule has 0 saturated heterocycles. The number of dihydropyridines is 1. The van der Waals surface area contributed by atoms with Crippen molar-refractivity contribution in [1.29, 1.82) is 0 Å².